The minimum absolute atomic E-state index is 0.140. The highest BCUT2D eigenvalue weighted by molar-refractivity contribution is 5.84. The number of nitrogens with one attached hydrogen (secondary N) is 2. The number of allylic oxidation sites excluding steroid dienone is 1. The lowest BCUT2D eigenvalue weighted by molar-refractivity contribution is 0.112. The summed E-state index contributed by atoms with van der Waals surface area (Å²) >= 11 is 0. The highest BCUT2D eigenvalue weighted by Gasteiger charge is 2.30. The quantitative estimate of drug-likeness (QED) is 0.155. The Morgan fingerprint density at radius 3 is 2.23 bits per heavy atom. The number of pyridine rings is 1. The molecule has 3 atom stereocenters. The summed E-state index contributed by atoms with van der Waals surface area (Å²) in [6, 6.07) is 19.7. The number of aldehydes is 1. The summed E-state index contributed by atoms with van der Waals surface area (Å²) < 4.78 is 0. The van der Waals surface area contributed by atoms with Gasteiger partial charge < -0.3 is 15.4 Å². The Morgan fingerprint density at radius 1 is 1.07 bits per heavy atom. The van der Waals surface area contributed by atoms with Gasteiger partial charge in [-0.1, -0.05) is 76.2 Å². The molecule has 0 amide bonds. The normalized spacial score (nSPS) is 15.8. The molecule has 1 saturated carbocycles. The van der Waals surface area contributed by atoms with E-state index in [1.54, 1.807) is 12.1 Å². The molecular formula is C37H54N4O2. The molecule has 0 radical (unpaired) electrons. The molecule has 43 heavy (non-hydrogen) atoms. The standard InChI is InChI=1S/C12H23N.C9H8N2O.C7H9N.C7H8O.C2H6/c1-5-10-8-11(7-9(10)3)12(6-2)13-4;1-6-10-8-3-2-7(5-12)4-9(8)11-6;1-6-3-4-7(2)8-5-6;8-6-7-4-2-1-3-5-7;1-2/h10-13H,3,5-8H2,1-2,4H3;2-5H,1H3,(H,10,11);3-5H,1-2H3;1-5,8H,6H2;1-2H3. The van der Waals surface area contributed by atoms with Gasteiger partial charge in [0.1, 0.15) is 12.1 Å². The van der Waals surface area contributed by atoms with Crippen LogP contribution >= 0.6 is 0 Å². The number of aliphatic hydroxyl groups is 1. The molecule has 1 aliphatic rings. The second-order valence-corrected chi connectivity index (χ2v) is 10.6. The van der Waals surface area contributed by atoms with Gasteiger partial charge in [0.25, 0.3) is 0 Å². The fraction of sp³-hybridized carbons (Fsp3) is 0.432. The number of fused-ring (bicyclic) bond motifs is 1. The first-order valence-electron chi connectivity index (χ1n) is 15.5. The minimum atomic E-state index is 0.140. The van der Waals surface area contributed by atoms with Crippen LogP contribution in [0.4, 0.5) is 0 Å². The topological polar surface area (TPSA) is 90.9 Å². The Labute approximate surface area is 260 Å². The molecule has 1 fully saturated rings. The SMILES string of the molecule is C=C1CC(C(CC)NC)CC1CC.CC.Cc1ccc(C)nc1.Cc1nc2ccc(C=O)cc2[nH]1.OCc1ccccc1. The number of aliphatic hydroxyl groups excluding tert-OH is 1. The van der Waals surface area contributed by atoms with Crippen molar-refractivity contribution in [3.8, 4) is 0 Å². The molecule has 2 aromatic carbocycles. The molecule has 3 unspecified atom stereocenters. The molecule has 2 aromatic heterocycles. The van der Waals surface area contributed by atoms with Crippen LogP contribution in [0.2, 0.25) is 0 Å². The van der Waals surface area contributed by atoms with Crippen molar-refractivity contribution in [3.63, 3.8) is 0 Å². The van der Waals surface area contributed by atoms with Gasteiger partial charge in [-0.05, 0) is 101 Å². The van der Waals surface area contributed by atoms with Crippen molar-refractivity contribution >= 4 is 17.3 Å². The van der Waals surface area contributed by atoms with Crippen molar-refractivity contribution in [1.82, 2.24) is 20.3 Å². The van der Waals surface area contributed by atoms with Crippen LogP contribution in [0.3, 0.4) is 0 Å². The van der Waals surface area contributed by atoms with Crippen LogP contribution in [0.1, 0.15) is 86.4 Å². The fourth-order valence-corrected chi connectivity index (χ4v) is 5.01. The highest BCUT2D eigenvalue weighted by atomic mass is 16.3. The summed E-state index contributed by atoms with van der Waals surface area (Å²) in [5, 5.41) is 12.0. The molecule has 2 heterocycles. The zero-order chi connectivity index (χ0) is 32.2. The van der Waals surface area contributed by atoms with E-state index in [1.807, 2.05) is 83.3 Å². The second kappa shape index (κ2) is 21.1. The Bertz CT molecular complexity index is 1290. The smallest absolute Gasteiger partial charge is 0.150 e. The third-order valence-corrected chi connectivity index (χ3v) is 7.41. The van der Waals surface area contributed by atoms with Crippen molar-refractivity contribution in [2.45, 2.75) is 86.8 Å². The maximum absolute atomic E-state index is 10.4. The molecule has 234 valence electrons. The molecule has 0 bridgehead atoms. The third-order valence-electron chi connectivity index (χ3n) is 7.41. The number of aryl methyl sites for hydroxylation is 3. The molecule has 6 heteroatoms. The van der Waals surface area contributed by atoms with Gasteiger partial charge in [-0.15, -0.1) is 0 Å². The number of carbonyl (C=O) groups is 1. The van der Waals surface area contributed by atoms with Crippen LogP contribution < -0.4 is 5.32 Å². The van der Waals surface area contributed by atoms with Gasteiger partial charge in [-0.2, -0.15) is 0 Å². The van der Waals surface area contributed by atoms with E-state index >= 15 is 0 Å². The molecule has 0 aliphatic heterocycles. The lowest BCUT2D eigenvalue weighted by Crippen LogP contribution is -2.31. The molecule has 0 saturated heterocycles. The van der Waals surface area contributed by atoms with E-state index in [1.165, 1.54) is 36.8 Å². The minimum Gasteiger partial charge on any atom is -0.392 e. The number of aromatic nitrogens is 3. The van der Waals surface area contributed by atoms with Gasteiger partial charge in [0, 0.05) is 23.5 Å². The molecule has 6 nitrogen and oxygen atoms in total. The van der Waals surface area contributed by atoms with Crippen molar-refractivity contribution in [2.24, 2.45) is 11.8 Å². The van der Waals surface area contributed by atoms with Gasteiger partial charge in [0.05, 0.1) is 17.6 Å². The van der Waals surface area contributed by atoms with Crippen LogP contribution in [-0.2, 0) is 6.61 Å². The fourth-order valence-electron chi connectivity index (χ4n) is 5.01. The van der Waals surface area contributed by atoms with E-state index in [0.29, 0.717) is 11.6 Å². The Kier molecular flexibility index (Phi) is 18.4. The van der Waals surface area contributed by atoms with Crippen LogP contribution in [0.15, 0.2) is 79.0 Å². The molecular weight excluding hydrogens is 532 g/mol. The first-order chi connectivity index (χ1) is 20.7. The zero-order valence-electron chi connectivity index (χ0n) is 27.7. The number of nitrogens with zero attached hydrogens (tertiary/aromatic N) is 2. The van der Waals surface area contributed by atoms with Crippen molar-refractivity contribution < 1.29 is 9.90 Å². The number of hydrogen-bond acceptors (Lipinski definition) is 5. The van der Waals surface area contributed by atoms with E-state index < -0.39 is 0 Å². The lowest BCUT2D eigenvalue weighted by Gasteiger charge is -2.21. The zero-order valence-corrected chi connectivity index (χ0v) is 27.7. The average molecular weight is 587 g/mol. The monoisotopic (exact) mass is 586 g/mol. The number of hydrogen-bond donors (Lipinski definition) is 3. The van der Waals surface area contributed by atoms with Crippen LogP contribution in [0.25, 0.3) is 11.0 Å². The largest absolute Gasteiger partial charge is 0.392 e. The van der Waals surface area contributed by atoms with Crippen molar-refractivity contribution in [2.75, 3.05) is 7.05 Å². The lowest BCUT2D eigenvalue weighted by atomic mass is 9.94. The molecule has 5 rings (SSSR count). The van der Waals surface area contributed by atoms with E-state index in [9.17, 15) is 4.79 Å². The maximum Gasteiger partial charge on any atom is 0.150 e. The summed E-state index contributed by atoms with van der Waals surface area (Å²) in [5.74, 6) is 2.51. The maximum atomic E-state index is 10.4. The number of carbonyl (C=O) groups excluding carboxylic acids is 1. The summed E-state index contributed by atoms with van der Waals surface area (Å²) in [6.07, 6.45) is 7.82. The summed E-state index contributed by atoms with van der Waals surface area (Å²) in [6.45, 7) is 18.8. The molecule has 0 spiro atoms. The summed E-state index contributed by atoms with van der Waals surface area (Å²) in [4.78, 5) is 21.8. The average Bonchev–Trinajstić information content (AvgIpc) is 3.61. The first-order valence-corrected chi connectivity index (χ1v) is 15.5. The van der Waals surface area contributed by atoms with Gasteiger partial charge in [0.15, 0.2) is 0 Å². The predicted octanol–water partition coefficient (Wildman–Crippen LogP) is 8.56. The Hall–Kier alpha value is -3.61. The number of H-pyrrole nitrogens is 1. The summed E-state index contributed by atoms with van der Waals surface area (Å²) in [5.41, 5.74) is 7.24. The highest BCUT2D eigenvalue weighted by Crippen LogP contribution is 2.38. The van der Waals surface area contributed by atoms with Crippen LogP contribution in [0.5, 0.6) is 0 Å². The van der Waals surface area contributed by atoms with Crippen LogP contribution in [-0.4, -0.2) is 39.4 Å². The van der Waals surface area contributed by atoms with E-state index in [-0.39, 0.29) is 6.61 Å². The molecule has 4 aromatic rings. The number of benzene rings is 2. The number of aromatic amines is 1. The van der Waals surface area contributed by atoms with Gasteiger partial charge in [0.2, 0.25) is 0 Å². The molecule has 1 aliphatic carbocycles. The number of rotatable bonds is 6. The third kappa shape index (κ3) is 13.5. The first kappa shape index (κ1) is 37.4. The van der Waals surface area contributed by atoms with Crippen LogP contribution in [0, 0.1) is 32.6 Å². The van der Waals surface area contributed by atoms with E-state index in [0.717, 1.165) is 46.2 Å². The van der Waals surface area contributed by atoms with Gasteiger partial charge in [-0.25, -0.2) is 4.98 Å². The summed E-state index contributed by atoms with van der Waals surface area (Å²) in [7, 11) is 2.08. The molecule has 3 N–H and O–H groups in total. The van der Waals surface area contributed by atoms with Crippen molar-refractivity contribution in [3.05, 3.63) is 107 Å². The van der Waals surface area contributed by atoms with Crippen molar-refractivity contribution in [1.29, 1.82) is 0 Å². The Balaban J connectivity index is 0.000000287. The number of imidazole rings is 1. The second-order valence-electron chi connectivity index (χ2n) is 10.6. The Morgan fingerprint density at radius 2 is 1.77 bits per heavy atom. The predicted molar refractivity (Wildman–Crippen MR) is 182 cm³/mol. The van der Waals surface area contributed by atoms with E-state index in [2.05, 4.69) is 53.8 Å². The van der Waals surface area contributed by atoms with Gasteiger partial charge >= 0.3 is 0 Å². The van der Waals surface area contributed by atoms with Gasteiger partial charge in [-0.3, -0.25) is 9.78 Å². The van der Waals surface area contributed by atoms with E-state index in [4.69, 9.17) is 5.11 Å².